The monoisotopic (exact) mass is 650 g/mol. The molecular formula is C33H35ClF4N2O3S. The van der Waals surface area contributed by atoms with Gasteiger partial charge >= 0.3 is 0 Å². The molecule has 0 saturated heterocycles. The summed E-state index contributed by atoms with van der Waals surface area (Å²) in [7, 11) is 0. The summed E-state index contributed by atoms with van der Waals surface area (Å²) in [6.07, 6.45) is 9.24. The largest absolute Gasteiger partial charge is 0.492 e. The van der Waals surface area contributed by atoms with E-state index in [2.05, 4.69) is 12.2 Å². The third kappa shape index (κ3) is 8.69. The predicted octanol–water partition coefficient (Wildman–Crippen LogP) is 8.98. The van der Waals surface area contributed by atoms with Gasteiger partial charge in [-0.3, -0.25) is 9.59 Å². The number of halogens is 5. The van der Waals surface area contributed by atoms with Crippen molar-refractivity contribution in [2.24, 2.45) is 0 Å². The number of rotatable bonds is 15. The van der Waals surface area contributed by atoms with Crippen LogP contribution in [0.5, 0.6) is 5.75 Å². The van der Waals surface area contributed by atoms with Crippen LogP contribution in [0.3, 0.4) is 0 Å². The molecule has 2 amide bonds. The van der Waals surface area contributed by atoms with Gasteiger partial charge in [0.25, 0.3) is 5.91 Å². The van der Waals surface area contributed by atoms with Crippen molar-refractivity contribution in [3.8, 4) is 5.75 Å². The van der Waals surface area contributed by atoms with Gasteiger partial charge in [0.05, 0.1) is 29.6 Å². The Morgan fingerprint density at radius 3 is 2.30 bits per heavy atom. The molecule has 0 unspecified atom stereocenters. The van der Waals surface area contributed by atoms with Crippen LogP contribution >= 0.6 is 23.4 Å². The predicted molar refractivity (Wildman–Crippen MR) is 165 cm³/mol. The van der Waals surface area contributed by atoms with E-state index in [1.165, 1.54) is 67.0 Å². The quantitative estimate of drug-likeness (QED) is 0.132. The summed E-state index contributed by atoms with van der Waals surface area (Å²) in [4.78, 5) is 27.7. The lowest BCUT2D eigenvalue weighted by Crippen LogP contribution is -2.35. The van der Waals surface area contributed by atoms with Crippen LogP contribution in [0, 0.1) is 23.3 Å². The number of unbranched alkanes of at least 4 members (excludes halogenated alkanes) is 7. The van der Waals surface area contributed by atoms with E-state index in [1.54, 1.807) is 12.1 Å². The number of carbonyl (C=O) groups is 2. The van der Waals surface area contributed by atoms with Gasteiger partial charge in [-0.15, -0.1) is 11.8 Å². The fraction of sp³-hybridized carbons (Fsp3) is 0.394. The molecule has 1 heterocycles. The molecule has 236 valence electrons. The average Bonchev–Trinajstić information content (AvgIpc) is 2.99. The zero-order valence-corrected chi connectivity index (χ0v) is 26.1. The first-order chi connectivity index (χ1) is 21.2. The van der Waals surface area contributed by atoms with Crippen LogP contribution in [0.4, 0.5) is 23.2 Å². The molecule has 4 rings (SSSR count). The van der Waals surface area contributed by atoms with Gasteiger partial charge in [0.15, 0.2) is 0 Å². The lowest BCUT2D eigenvalue weighted by Gasteiger charge is -2.30. The van der Waals surface area contributed by atoms with Crippen molar-refractivity contribution in [1.82, 2.24) is 5.32 Å². The second-order valence-electron chi connectivity index (χ2n) is 10.6. The second kappa shape index (κ2) is 16.2. The van der Waals surface area contributed by atoms with Crippen molar-refractivity contribution in [2.45, 2.75) is 76.3 Å². The Balaban J connectivity index is 1.39. The summed E-state index contributed by atoms with van der Waals surface area (Å²) in [5.41, 5.74) is 0.316. The summed E-state index contributed by atoms with van der Waals surface area (Å²) in [6, 6.07) is 8.41. The second-order valence-corrected chi connectivity index (χ2v) is 12.0. The van der Waals surface area contributed by atoms with Crippen LogP contribution in [0.15, 0.2) is 47.4 Å². The summed E-state index contributed by atoms with van der Waals surface area (Å²) in [6.45, 7) is 2.02. The number of hydrogen-bond donors (Lipinski definition) is 1. The number of benzene rings is 3. The van der Waals surface area contributed by atoms with Crippen molar-refractivity contribution in [1.29, 1.82) is 0 Å². The van der Waals surface area contributed by atoms with Gasteiger partial charge in [0, 0.05) is 40.3 Å². The molecule has 11 heteroatoms. The number of thioether (sulfide) groups is 1. The number of fused-ring (bicyclic) bond motifs is 1. The maximum atomic E-state index is 15.0. The molecule has 0 atom stereocenters. The molecule has 5 nitrogen and oxygen atoms in total. The lowest BCUT2D eigenvalue weighted by molar-refractivity contribution is -0.116. The topological polar surface area (TPSA) is 58.6 Å². The Morgan fingerprint density at radius 1 is 0.909 bits per heavy atom. The SMILES string of the molecule is CCCCCCCCCCOc1ccc(F)c(CN2C(=O)CSc3cc(C(=O)NCc4c(F)cc(F)cc4F)ccc32)c1Cl. The number of anilines is 1. The summed E-state index contributed by atoms with van der Waals surface area (Å²) in [5.74, 6) is -4.31. The first-order valence-corrected chi connectivity index (χ1v) is 16.1. The molecule has 0 fully saturated rings. The Hall–Kier alpha value is -3.24. The molecule has 0 saturated carbocycles. The van der Waals surface area contributed by atoms with E-state index in [0.29, 0.717) is 35.1 Å². The van der Waals surface area contributed by atoms with Crippen LogP contribution in [0.25, 0.3) is 0 Å². The molecule has 0 radical (unpaired) electrons. The van der Waals surface area contributed by atoms with Gasteiger partial charge in [0.1, 0.15) is 29.0 Å². The minimum absolute atomic E-state index is 0.0535. The molecule has 0 bridgehead atoms. The van der Waals surface area contributed by atoms with E-state index in [0.717, 1.165) is 19.3 Å². The van der Waals surface area contributed by atoms with Crippen LogP contribution in [0.2, 0.25) is 5.02 Å². The molecule has 1 aliphatic heterocycles. The lowest BCUT2D eigenvalue weighted by atomic mass is 10.1. The third-order valence-electron chi connectivity index (χ3n) is 7.42. The molecular weight excluding hydrogens is 616 g/mol. The maximum absolute atomic E-state index is 15.0. The van der Waals surface area contributed by atoms with Crippen molar-refractivity contribution in [3.05, 3.63) is 87.4 Å². The Kier molecular flexibility index (Phi) is 12.4. The molecule has 1 aliphatic rings. The van der Waals surface area contributed by atoms with Crippen molar-refractivity contribution in [2.75, 3.05) is 17.3 Å². The molecule has 3 aromatic rings. The highest BCUT2D eigenvalue weighted by molar-refractivity contribution is 8.00. The minimum Gasteiger partial charge on any atom is -0.492 e. The normalized spacial score (nSPS) is 12.8. The number of nitrogens with one attached hydrogen (secondary N) is 1. The summed E-state index contributed by atoms with van der Waals surface area (Å²) >= 11 is 7.78. The van der Waals surface area contributed by atoms with Gasteiger partial charge in [-0.1, -0.05) is 63.5 Å². The highest BCUT2D eigenvalue weighted by Crippen LogP contribution is 2.39. The van der Waals surface area contributed by atoms with Gasteiger partial charge in [-0.25, -0.2) is 17.6 Å². The van der Waals surface area contributed by atoms with E-state index in [-0.39, 0.29) is 34.4 Å². The van der Waals surface area contributed by atoms with E-state index < -0.39 is 41.3 Å². The Bertz CT molecular complexity index is 1470. The van der Waals surface area contributed by atoms with Crippen LogP contribution in [-0.4, -0.2) is 24.2 Å². The van der Waals surface area contributed by atoms with Crippen molar-refractivity contribution >= 4 is 40.9 Å². The zero-order valence-electron chi connectivity index (χ0n) is 24.5. The molecule has 1 N–H and O–H groups in total. The van der Waals surface area contributed by atoms with Crippen LogP contribution < -0.4 is 15.0 Å². The minimum atomic E-state index is -1.11. The van der Waals surface area contributed by atoms with Gasteiger partial charge in [-0.05, 0) is 36.8 Å². The standard InChI is InChI=1S/C33H35ClF4N2O3S/c1-2-3-4-5-6-7-8-9-14-43-29-13-11-25(36)24(32(29)34)19-40-28-12-10-21(15-30(28)44-20-31(40)41)33(42)39-18-23-26(37)16-22(35)17-27(23)38/h10-13,15-17H,2-9,14,18-20H2,1H3,(H,39,42). The zero-order chi connectivity index (χ0) is 31.6. The van der Waals surface area contributed by atoms with Gasteiger partial charge < -0.3 is 15.0 Å². The number of carbonyl (C=O) groups excluding carboxylic acids is 2. The fourth-order valence-corrected chi connectivity index (χ4v) is 6.18. The average molecular weight is 651 g/mol. The number of ether oxygens (including phenoxy) is 1. The van der Waals surface area contributed by atoms with E-state index in [1.807, 2.05) is 0 Å². The van der Waals surface area contributed by atoms with Crippen LogP contribution in [-0.2, 0) is 17.9 Å². The number of amides is 2. The highest BCUT2D eigenvalue weighted by Gasteiger charge is 2.28. The Morgan fingerprint density at radius 2 is 1.59 bits per heavy atom. The van der Waals surface area contributed by atoms with Gasteiger partial charge in [0.2, 0.25) is 5.91 Å². The first kappa shape index (κ1) is 33.6. The molecule has 44 heavy (non-hydrogen) atoms. The molecule has 3 aromatic carbocycles. The first-order valence-electron chi connectivity index (χ1n) is 14.8. The van der Waals surface area contributed by atoms with E-state index in [4.69, 9.17) is 16.3 Å². The highest BCUT2D eigenvalue weighted by atomic mass is 35.5. The maximum Gasteiger partial charge on any atom is 0.251 e. The van der Waals surface area contributed by atoms with Crippen LogP contribution in [0.1, 0.15) is 79.8 Å². The van der Waals surface area contributed by atoms with E-state index >= 15 is 0 Å². The third-order valence-corrected chi connectivity index (χ3v) is 8.86. The fourth-order valence-electron chi connectivity index (χ4n) is 4.94. The molecule has 0 aliphatic carbocycles. The summed E-state index contributed by atoms with van der Waals surface area (Å²) in [5, 5.41) is 2.54. The Labute approximate surface area is 264 Å². The molecule has 0 spiro atoms. The summed E-state index contributed by atoms with van der Waals surface area (Å²) < 4.78 is 61.9. The molecule has 0 aromatic heterocycles. The van der Waals surface area contributed by atoms with E-state index in [9.17, 15) is 27.2 Å². The van der Waals surface area contributed by atoms with Gasteiger partial charge in [-0.2, -0.15) is 0 Å². The number of hydrogen-bond acceptors (Lipinski definition) is 4. The van der Waals surface area contributed by atoms with Crippen molar-refractivity contribution < 1.29 is 31.9 Å². The van der Waals surface area contributed by atoms with Crippen molar-refractivity contribution in [3.63, 3.8) is 0 Å². The number of nitrogens with zero attached hydrogens (tertiary/aromatic N) is 1. The smallest absolute Gasteiger partial charge is 0.251 e.